The van der Waals surface area contributed by atoms with Gasteiger partial charge in [-0.05, 0) is 49.9 Å². The van der Waals surface area contributed by atoms with E-state index in [4.69, 9.17) is 16.3 Å². The lowest BCUT2D eigenvalue weighted by Gasteiger charge is -2.22. The number of benzene rings is 1. The number of ether oxygens (including phenoxy) is 1. The van der Waals surface area contributed by atoms with Crippen molar-refractivity contribution in [2.75, 3.05) is 13.1 Å². The maximum Gasteiger partial charge on any atom is 0.308 e. The molecule has 1 fully saturated rings. The minimum Gasteiger partial charge on any atom is -0.452 e. The van der Waals surface area contributed by atoms with Gasteiger partial charge in [-0.3, -0.25) is 14.4 Å². The lowest BCUT2D eigenvalue weighted by atomic mass is 9.89. The molecule has 1 aromatic carbocycles. The third kappa shape index (κ3) is 7.59. The van der Waals surface area contributed by atoms with Gasteiger partial charge in [0.2, 0.25) is 0 Å². The van der Waals surface area contributed by atoms with Crippen molar-refractivity contribution < 1.29 is 19.1 Å². The normalized spacial score (nSPS) is 15.6. The topological polar surface area (TPSA) is 84.5 Å². The monoisotopic (exact) mass is 394 g/mol. The molecule has 6 nitrogen and oxygen atoms in total. The van der Waals surface area contributed by atoms with E-state index in [2.05, 4.69) is 10.6 Å². The standard InChI is InChI=1S/C20H27ClN2O4/c1-14(19(25)23-13-15-5-3-2-4-6-15)27-18(24)11-12-22-20(26)16-7-9-17(21)10-8-16/h7-10,14-15H,2-6,11-13H2,1H3,(H,22,26)(H,23,25)/t14-/m0/s1. The fourth-order valence-corrected chi connectivity index (χ4v) is 3.20. The summed E-state index contributed by atoms with van der Waals surface area (Å²) in [4.78, 5) is 35.8. The van der Waals surface area contributed by atoms with E-state index in [1.54, 1.807) is 31.2 Å². The summed E-state index contributed by atoms with van der Waals surface area (Å²) in [5, 5.41) is 6.04. The first kappa shape index (κ1) is 21.2. The van der Waals surface area contributed by atoms with Crippen molar-refractivity contribution in [3.05, 3.63) is 34.9 Å². The van der Waals surface area contributed by atoms with Crippen molar-refractivity contribution >= 4 is 29.4 Å². The summed E-state index contributed by atoms with van der Waals surface area (Å²) in [5.41, 5.74) is 0.461. The van der Waals surface area contributed by atoms with Crippen LogP contribution in [0.5, 0.6) is 0 Å². The van der Waals surface area contributed by atoms with Gasteiger partial charge in [0.25, 0.3) is 11.8 Å². The summed E-state index contributed by atoms with van der Waals surface area (Å²) >= 11 is 5.78. The molecule has 0 radical (unpaired) electrons. The van der Waals surface area contributed by atoms with Gasteiger partial charge < -0.3 is 15.4 Å². The summed E-state index contributed by atoms with van der Waals surface area (Å²) in [6.07, 6.45) is 5.14. The van der Waals surface area contributed by atoms with E-state index in [1.807, 2.05) is 0 Å². The van der Waals surface area contributed by atoms with Crippen LogP contribution in [0.2, 0.25) is 5.02 Å². The molecular weight excluding hydrogens is 368 g/mol. The molecule has 7 heteroatoms. The van der Waals surface area contributed by atoms with Gasteiger partial charge >= 0.3 is 5.97 Å². The number of esters is 1. The highest BCUT2D eigenvalue weighted by molar-refractivity contribution is 6.30. The summed E-state index contributed by atoms with van der Waals surface area (Å²) in [6.45, 7) is 2.33. The Hall–Kier alpha value is -2.08. The molecule has 0 aromatic heterocycles. The molecule has 27 heavy (non-hydrogen) atoms. The number of hydrogen-bond donors (Lipinski definition) is 2. The molecule has 1 atom stereocenters. The number of nitrogens with one attached hydrogen (secondary N) is 2. The van der Waals surface area contributed by atoms with Crippen LogP contribution in [-0.2, 0) is 14.3 Å². The van der Waals surface area contributed by atoms with Gasteiger partial charge in [0.05, 0.1) is 6.42 Å². The van der Waals surface area contributed by atoms with Crippen molar-refractivity contribution in [2.45, 2.75) is 51.6 Å². The third-order valence-corrected chi connectivity index (χ3v) is 4.94. The first-order valence-electron chi connectivity index (χ1n) is 9.46. The largest absolute Gasteiger partial charge is 0.452 e. The quantitative estimate of drug-likeness (QED) is 0.663. The van der Waals surface area contributed by atoms with E-state index in [1.165, 1.54) is 19.3 Å². The third-order valence-electron chi connectivity index (χ3n) is 4.69. The lowest BCUT2D eigenvalue weighted by molar-refractivity contribution is -0.154. The fourth-order valence-electron chi connectivity index (χ4n) is 3.07. The van der Waals surface area contributed by atoms with Crippen LogP contribution in [-0.4, -0.2) is 37.0 Å². The second kappa shape index (κ2) is 10.9. The van der Waals surface area contributed by atoms with Gasteiger partial charge in [-0.1, -0.05) is 30.9 Å². The van der Waals surface area contributed by atoms with E-state index in [9.17, 15) is 14.4 Å². The number of halogens is 1. The highest BCUT2D eigenvalue weighted by Gasteiger charge is 2.20. The molecule has 0 unspecified atom stereocenters. The molecule has 1 saturated carbocycles. The summed E-state index contributed by atoms with van der Waals surface area (Å²) in [7, 11) is 0. The van der Waals surface area contributed by atoms with E-state index < -0.39 is 12.1 Å². The minimum absolute atomic E-state index is 0.000422. The summed E-state index contributed by atoms with van der Waals surface area (Å²) < 4.78 is 5.14. The Morgan fingerprint density at radius 3 is 2.44 bits per heavy atom. The highest BCUT2D eigenvalue weighted by Crippen LogP contribution is 2.22. The van der Waals surface area contributed by atoms with Crippen molar-refractivity contribution in [3.63, 3.8) is 0 Å². The van der Waals surface area contributed by atoms with E-state index in [0.717, 1.165) is 12.8 Å². The van der Waals surface area contributed by atoms with Crippen LogP contribution in [0.1, 0.15) is 55.8 Å². The Morgan fingerprint density at radius 2 is 1.78 bits per heavy atom. The second-order valence-corrected chi connectivity index (χ2v) is 7.33. The summed E-state index contributed by atoms with van der Waals surface area (Å²) in [6, 6.07) is 6.46. The van der Waals surface area contributed by atoms with Crippen molar-refractivity contribution in [1.82, 2.24) is 10.6 Å². The second-order valence-electron chi connectivity index (χ2n) is 6.89. The predicted molar refractivity (Wildman–Crippen MR) is 104 cm³/mol. The Labute approximate surface area is 165 Å². The van der Waals surface area contributed by atoms with Crippen LogP contribution in [0, 0.1) is 5.92 Å². The van der Waals surface area contributed by atoms with Gasteiger partial charge in [-0.25, -0.2) is 0 Å². The van der Waals surface area contributed by atoms with Crippen LogP contribution in [0.4, 0.5) is 0 Å². The lowest BCUT2D eigenvalue weighted by Crippen LogP contribution is -2.39. The molecule has 1 aromatic rings. The average Bonchev–Trinajstić information content (AvgIpc) is 2.67. The van der Waals surface area contributed by atoms with Crippen LogP contribution in [0.15, 0.2) is 24.3 Å². The van der Waals surface area contributed by atoms with Crippen LogP contribution in [0.25, 0.3) is 0 Å². The van der Waals surface area contributed by atoms with Gasteiger partial charge in [-0.15, -0.1) is 0 Å². The van der Waals surface area contributed by atoms with E-state index in [-0.39, 0.29) is 24.8 Å². The van der Waals surface area contributed by atoms with Gasteiger partial charge in [0.15, 0.2) is 6.10 Å². The van der Waals surface area contributed by atoms with E-state index in [0.29, 0.717) is 23.0 Å². The molecule has 2 amide bonds. The van der Waals surface area contributed by atoms with Gasteiger partial charge in [-0.2, -0.15) is 0 Å². The number of carbonyl (C=O) groups excluding carboxylic acids is 3. The molecular formula is C20H27ClN2O4. The first-order valence-corrected chi connectivity index (χ1v) is 9.84. The van der Waals surface area contributed by atoms with E-state index >= 15 is 0 Å². The van der Waals surface area contributed by atoms with Crippen LogP contribution >= 0.6 is 11.6 Å². The minimum atomic E-state index is -0.840. The maximum absolute atomic E-state index is 12.0. The highest BCUT2D eigenvalue weighted by atomic mass is 35.5. The maximum atomic E-state index is 12.0. The molecule has 0 saturated heterocycles. The molecule has 0 aliphatic heterocycles. The SMILES string of the molecule is C[C@H](OC(=O)CCNC(=O)c1ccc(Cl)cc1)C(=O)NCC1CCCCC1. The van der Waals surface area contributed by atoms with Crippen molar-refractivity contribution in [3.8, 4) is 0 Å². The van der Waals surface area contributed by atoms with Crippen LogP contribution in [0.3, 0.4) is 0 Å². The molecule has 0 spiro atoms. The van der Waals surface area contributed by atoms with Crippen molar-refractivity contribution in [2.24, 2.45) is 5.92 Å². The molecule has 2 N–H and O–H groups in total. The Bertz CT molecular complexity index is 642. The molecule has 1 aliphatic carbocycles. The van der Waals surface area contributed by atoms with Crippen molar-refractivity contribution in [1.29, 1.82) is 0 Å². The number of hydrogen-bond acceptors (Lipinski definition) is 4. The summed E-state index contributed by atoms with van der Waals surface area (Å²) in [5.74, 6) is -0.572. The Kier molecular flexibility index (Phi) is 8.58. The zero-order valence-corrected chi connectivity index (χ0v) is 16.4. The molecule has 0 bridgehead atoms. The fraction of sp³-hybridized carbons (Fsp3) is 0.550. The van der Waals surface area contributed by atoms with Gasteiger partial charge in [0.1, 0.15) is 0 Å². The molecule has 1 aliphatic rings. The average molecular weight is 395 g/mol. The molecule has 2 rings (SSSR count). The Morgan fingerprint density at radius 1 is 1.11 bits per heavy atom. The molecule has 148 valence electrons. The first-order chi connectivity index (χ1) is 13.0. The zero-order valence-electron chi connectivity index (χ0n) is 15.6. The smallest absolute Gasteiger partial charge is 0.308 e. The van der Waals surface area contributed by atoms with Gasteiger partial charge in [0, 0.05) is 23.7 Å². The Balaban J connectivity index is 1.63. The number of rotatable bonds is 8. The zero-order chi connectivity index (χ0) is 19.6. The predicted octanol–water partition coefficient (Wildman–Crippen LogP) is 3.09. The number of amides is 2. The molecule has 0 heterocycles. The van der Waals surface area contributed by atoms with Crippen LogP contribution < -0.4 is 10.6 Å². The number of carbonyl (C=O) groups is 3.